The normalized spacial score (nSPS) is 10.7. The molecule has 0 amide bonds. The average Bonchev–Trinajstić information content (AvgIpc) is 2.05. The lowest BCUT2D eigenvalue weighted by atomic mass is 10.1. The minimum Gasteiger partial charge on any atom is -0.506 e. The molecule has 0 saturated heterocycles. The Balaban J connectivity index is 3.05. The van der Waals surface area contributed by atoms with Gasteiger partial charge in [-0.1, -0.05) is 13.8 Å². The van der Waals surface area contributed by atoms with E-state index in [0.29, 0.717) is 11.6 Å². The van der Waals surface area contributed by atoms with Crippen molar-refractivity contribution >= 4 is 0 Å². The van der Waals surface area contributed by atoms with E-state index in [4.69, 9.17) is 5.11 Å². The molecule has 0 aliphatic rings. The summed E-state index contributed by atoms with van der Waals surface area (Å²) in [6.07, 6.45) is 0. The first kappa shape index (κ1) is 9.00. The number of rotatable bonds is 2. The molecule has 0 bridgehead atoms. The van der Waals surface area contributed by atoms with Crippen molar-refractivity contribution in [2.24, 2.45) is 0 Å². The number of aliphatic hydroxyl groups is 1. The number of hydrogen-bond donors (Lipinski definition) is 2. The Hall–Kier alpha value is -1.09. The molecule has 0 spiro atoms. The quantitative estimate of drug-likeness (QED) is 0.700. The average molecular weight is 167 g/mol. The zero-order valence-electron chi connectivity index (χ0n) is 7.28. The van der Waals surface area contributed by atoms with E-state index in [9.17, 15) is 5.11 Å². The third-order valence-electron chi connectivity index (χ3n) is 1.71. The molecule has 1 aromatic heterocycles. The number of aromatic hydroxyl groups is 1. The van der Waals surface area contributed by atoms with E-state index in [2.05, 4.69) is 4.98 Å². The molecule has 0 saturated carbocycles. The molecule has 0 aliphatic heterocycles. The Morgan fingerprint density at radius 1 is 1.42 bits per heavy atom. The fourth-order valence-electron chi connectivity index (χ4n) is 0.949. The Bertz CT molecular complexity index is 271. The van der Waals surface area contributed by atoms with E-state index in [1.807, 2.05) is 13.8 Å². The fourth-order valence-corrected chi connectivity index (χ4v) is 0.949. The highest BCUT2D eigenvalue weighted by Gasteiger charge is 2.05. The van der Waals surface area contributed by atoms with Crippen LogP contribution >= 0.6 is 0 Å². The number of aromatic nitrogens is 1. The van der Waals surface area contributed by atoms with E-state index in [0.717, 1.165) is 5.69 Å². The standard InChI is InChI=1S/C9H13NO2/c1-6(2)7-3-4-9(12)8(5-11)10-7/h3-4,6,11-12H,5H2,1-2H3. The Kier molecular flexibility index (Phi) is 2.65. The van der Waals surface area contributed by atoms with Crippen molar-refractivity contribution in [1.29, 1.82) is 0 Å². The lowest BCUT2D eigenvalue weighted by Crippen LogP contribution is -1.97. The van der Waals surface area contributed by atoms with Crippen LogP contribution in [0.4, 0.5) is 0 Å². The van der Waals surface area contributed by atoms with Gasteiger partial charge in [-0.2, -0.15) is 0 Å². The third-order valence-corrected chi connectivity index (χ3v) is 1.71. The second-order valence-corrected chi connectivity index (χ2v) is 3.01. The topological polar surface area (TPSA) is 53.4 Å². The van der Waals surface area contributed by atoms with Crippen molar-refractivity contribution in [3.05, 3.63) is 23.5 Å². The van der Waals surface area contributed by atoms with Gasteiger partial charge in [-0.3, -0.25) is 4.98 Å². The van der Waals surface area contributed by atoms with Crippen LogP contribution in [0.1, 0.15) is 31.2 Å². The van der Waals surface area contributed by atoms with Crippen LogP contribution in [0.2, 0.25) is 0 Å². The maximum Gasteiger partial charge on any atom is 0.139 e. The SMILES string of the molecule is CC(C)c1ccc(O)c(CO)n1. The van der Waals surface area contributed by atoms with E-state index < -0.39 is 0 Å². The summed E-state index contributed by atoms with van der Waals surface area (Å²) in [5.74, 6) is 0.373. The van der Waals surface area contributed by atoms with Crippen LogP contribution in [0.3, 0.4) is 0 Å². The van der Waals surface area contributed by atoms with Crippen molar-refractivity contribution in [3.63, 3.8) is 0 Å². The molecule has 66 valence electrons. The van der Waals surface area contributed by atoms with Crippen LogP contribution in [0.5, 0.6) is 5.75 Å². The van der Waals surface area contributed by atoms with Crippen molar-refractivity contribution in [3.8, 4) is 5.75 Å². The zero-order chi connectivity index (χ0) is 9.14. The van der Waals surface area contributed by atoms with E-state index in [1.165, 1.54) is 0 Å². The van der Waals surface area contributed by atoms with Gasteiger partial charge in [0.05, 0.1) is 6.61 Å². The molecule has 0 unspecified atom stereocenters. The van der Waals surface area contributed by atoms with Crippen LogP contribution in [0.25, 0.3) is 0 Å². The Morgan fingerprint density at radius 2 is 2.08 bits per heavy atom. The van der Waals surface area contributed by atoms with Crippen molar-refractivity contribution < 1.29 is 10.2 Å². The van der Waals surface area contributed by atoms with Crippen LogP contribution in [-0.2, 0) is 6.61 Å². The predicted octanol–water partition coefficient (Wildman–Crippen LogP) is 1.40. The van der Waals surface area contributed by atoms with Crippen LogP contribution < -0.4 is 0 Å². The summed E-state index contributed by atoms with van der Waals surface area (Å²) in [6.45, 7) is 3.81. The maximum absolute atomic E-state index is 9.19. The molecule has 2 N–H and O–H groups in total. The lowest BCUT2D eigenvalue weighted by molar-refractivity contribution is 0.269. The van der Waals surface area contributed by atoms with E-state index in [1.54, 1.807) is 12.1 Å². The predicted molar refractivity (Wildman–Crippen MR) is 45.9 cm³/mol. The van der Waals surface area contributed by atoms with Gasteiger partial charge < -0.3 is 10.2 Å². The number of nitrogens with zero attached hydrogens (tertiary/aromatic N) is 1. The summed E-state index contributed by atoms with van der Waals surface area (Å²) in [6, 6.07) is 3.33. The molecule has 3 nitrogen and oxygen atoms in total. The number of aliphatic hydroxyl groups excluding tert-OH is 1. The molecular formula is C9H13NO2. The summed E-state index contributed by atoms with van der Waals surface area (Å²) < 4.78 is 0. The number of pyridine rings is 1. The molecule has 0 aliphatic carbocycles. The fraction of sp³-hybridized carbons (Fsp3) is 0.444. The first-order valence-corrected chi connectivity index (χ1v) is 3.94. The van der Waals surface area contributed by atoms with Gasteiger partial charge in [-0.25, -0.2) is 0 Å². The molecular weight excluding hydrogens is 154 g/mol. The molecule has 0 atom stereocenters. The van der Waals surface area contributed by atoms with Crippen molar-refractivity contribution in [2.75, 3.05) is 0 Å². The zero-order valence-corrected chi connectivity index (χ0v) is 7.28. The molecule has 0 aromatic carbocycles. The summed E-state index contributed by atoms with van der Waals surface area (Å²) in [7, 11) is 0. The third kappa shape index (κ3) is 1.74. The van der Waals surface area contributed by atoms with Gasteiger partial charge in [0, 0.05) is 5.69 Å². The second kappa shape index (κ2) is 3.54. The lowest BCUT2D eigenvalue weighted by Gasteiger charge is -2.06. The second-order valence-electron chi connectivity index (χ2n) is 3.01. The minimum atomic E-state index is -0.216. The van der Waals surface area contributed by atoms with Gasteiger partial charge in [0.1, 0.15) is 11.4 Å². The summed E-state index contributed by atoms with van der Waals surface area (Å²) in [4.78, 5) is 4.09. The highest BCUT2D eigenvalue weighted by molar-refractivity contribution is 5.28. The van der Waals surface area contributed by atoms with Gasteiger partial charge in [0.15, 0.2) is 0 Å². The van der Waals surface area contributed by atoms with Crippen LogP contribution in [-0.4, -0.2) is 15.2 Å². The Labute approximate surface area is 71.7 Å². The highest BCUT2D eigenvalue weighted by Crippen LogP contribution is 2.18. The smallest absolute Gasteiger partial charge is 0.139 e. The minimum absolute atomic E-state index is 0.0573. The summed E-state index contributed by atoms with van der Waals surface area (Å²) in [5.41, 5.74) is 1.23. The molecule has 0 radical (unpaired) electrons. The van der Waals surface area contributed by atoms with Gasteiger partial charge in [-0.15, -0.1) is 0 Å². The highest BCUT2D eigenvalue weighted by atomic mass is 16.3. The molecule has 1 aromatic rings. The van der Waals surface area contributed by atoms with Crippen molar-refractivity contribution in [2.45, 2.75) is 26.4 Å². The van der Waals surface area contributed by atoms with Gasteiger partial charge in [0.25, 0.3) is 0 Å². The van der Waals surface area contributed by atoms with Crippen LogP contribution in [0, 0.1) is 0 Å². The molecule has 3 heteroatoms. The Morgan fingerprint density at radius 3 is 2.58 bits per heavy atom. The van der Waals surface area contributed by atoms with E-state index in [-0.39, 0.29) is 12.4 Å². The molecule has 1 heterocycles. The van der Waals surface area contributed by atoms with Gasteiger partial charge in [0.2, 0.25) is 0 Å². The monoisotopic (exact) mass is 167 g/mol. The molecule has 12 heavy (non-hydrogen) atoms. The summed E-state index contributed by atoms with van der Waals surface area (Å²) in [5, 5.41) is 18.0. The molecule has 0 fully saturated rings. The maximum atomic E-state index is 9.19. The summed E-state index contributed by atoms with van der Waals surface area (Å²) >= 11 is 0. The van der Waals surface area contributed by atoms with Gasteiger partial charge >= 0.3 is 0 Å². The molecule has 1 rings (SSSR count). The van der Waals surface area contributed by atoms with E-state index >= 15 is 0 Å². The number of hydrogen-bond acceptors (Lipinski definition) is 3. The van der Waals surface area contributed by atoms with Gasteiger partial charge in [-0.05, 0) is 18.1 Å². The first-order valence-electron chi connectivity index (χ1n) is 3.94. The van der Waals surface area contributed by atoms with Crippen LogP contribution in [0.15, 0.2) is 12.1 Å². The first-order chi connectivity index (χ1) is 5.65. The largest absolute Gasteiger partial charge is 0.506 e. The van der Waals surface area contributed by atoms with Crippen molar-refractivity contribution in [1.82, 2.24) is 4.98 Å².